The molecule has 1 aliphatic rings. The maximum atomic E-state index is 12.6. The van der Waals surface area contributed by atoms with Crippen LogP contribution in [0, 0.1) is 0 Å². The number of anilines is 1. The second kappa shape index (κ2) is 6.04. The van der Waals surface area contributed by atoms with Gasteiger partial charge in [0.2, 0.25) is 0 Å². The molecule has 2 N–H and O–H groups in total. The van der Waals surface area contributed by atoms with Crippen molar-refractivity contribution in [3.63, 3.8) is 0 Å². The van der Waals surface area contributed by atoms with Crippen molar-refractivity contribution in [1.82, 2.24) is 0 Å². The normalized spacial score (nSPS) is 25.9. The maximum absolute atomic E-state index is 12.6. The summed E-state index contributed by atoms with van der Waals surface area (Å²) in [5.74, 6) is 0. The predicted octanol–water partition coefficient (Wildman–Crippen LogP) is 2.99. The first kappa shape index (κ1) is 13.8. The number of nitrogen functional groups attached to an aromatic ring is 1. The van der Waals surface area contributed by atoms with E-state index in [2.05, 4.69) is 0 Å². The van der Waals surface area contributed by atoms with Gasteiger partial charge in [-0.25, -0.2) is 0 Å². The molecule has 1 saturated carbocycles. The lowest BCUT2D eigenvalue weighted by Gasteiger charge is -2.27. The van der Waals surface area contributed by atoms with Gasteiger partial charge >= 0.3 is 0 Å². The smallest absolute Gasteiger partial charge is 0.0635 e. The zero-order valence-corrected chi connectivity index (χ0v) is 12.0. The third-order valence-electron chi connectivity index (χ3n) is 3.41. The summed E-state index contributed by atoms with van der Waals surface area (Å²) in [6.45, 7) is 0. The van der Waals surface area contributed by atoms with Crippen LogP contribution in [0.2, 0.25) is 5.02 Å². The van der Waals surface area contributed by atoms with Gasteiger partial charge in [0.25, 0.3) is 0 Å². The van der Waals surface area contributed by atoms with Crippen molar-refractivity contribution in [3.8, 4) is 0 Å². The molecule has 1 aromatic carbocycles. The molecule has 0 bridgehead atoms. The van der Waals surface area contributed by atoms with Crippen LogP contribution in [0.4, 0.5) is 5.69 Å². The molecular weight excluding hydrogens is 270 g/mol. The molecule has 1 fully saturated rings. The van der Waals surface area contributed by atoms with Gasteiger partial charge in [0.15, 0.2) is 0 Å². The Morgan fingerprint density at radius 2 is 2.22 bits per heavy atom. The average Bonchev–Trinajstić information content (AvgIpc) is 2.41. The number of benzene rings is 1. The van der Waals surface area contributed by atoms with E-state index >= 15 is 0 Å². The molecule has 0 radical (unpaired) electrons. The van der Waals surface area contributed by atoms with Gasteiger partial charge in [-0.2, -0.15) is 0 Å². The molecule has 3 atom stereocenters. The first-order valence-corrected chi connectivity index (χ1v) is 7.69. The summed E-state index contributed by atoms with van der Waals surface area (Å²) < 4.78 is 17.9. The van der Waals surface area contributed by atoms with E-state index in [0.29, 0.717) is 15.6 Å². The third kappa shape index (κ3) is 3.05. The molecule has 0 spiro atoms. The van der Waals surface area contributed by atoms with E-state index in [-0.39, 0.29) is 11.4 Å². The Bertz CT molecular complexity index is 453. The molecule has 5 heteroatoms. The van der Waals surface area contributed by atoms with Gasteiger partial charge in [0, 0.05) is 23.1 Å². The molecule has 0 heterocycles. The summed E-state index contributed by atoms with van der Waals surface area (Å²) in [7, 11) is 0.609. The topological polar surface area (TPSA) is 52.3 Å². The van der Waals surface area contributed by atoms with Crippen molar-refractivity contribution in [2.75, 3.05) is 12.8 Å². The molecule has 0 aromatic heterocycles. The quantitative estimate of drug-likeness (QED) is 0.870. The van der Waals surface area contributed by atoms with Crippen LogP contribution in [0.5, 0.6) is 0 Å². The minimum atomic E-state index is -1.10. The zero-order chi connectivity index (χ0) is 13.1. The molecule has 18 heavy (non-hydrogen) atoms. The third-order valence-corrected chi connectivity index (χ3v) is 5.46. The fourth-order valence-corrected chi connectivity index (χ4v) is 4.28. The van der Waals surface area contributed by atoms with E-state index < -0.39 is 10.8 Å². The summed E-state index contributed by atoms with van der Waals surface area (Å²) in [6.07, 6.45) is 4.10. The minimum absolute atomic E-state index is 0.115. The molecule has 3 unspecified atom stereocenters. The van der Waals surface area contributed by atoms with E-state index in [1.807, 2.05) is 0 Å². The SMILES string of the molecule is COC1CCCC(S(=O)c2cc(Cl)ccc2N)C1. The molecule has 1 aliphatic carbocycles. The molecule has 100 valence electrons. The second-order valence-electron chi connectivity index (χ2n) is 4.63. The molecule has 1 aromatic rings. The number of hydrogen-bond donors (Lipinski definition) is 1. The largest absolute Gasteiger partial charge is 0.398 e. The Hall–Kier alpha value is -0.580. The van der Waals surface area contributed by atoms with E-state index in [1.165, 1.54) is 0 Å². The van der Waals surface area contributed by atoms with Crippen molar-refractivity contribution in [3.05, 3.63) is 23.2 Å². The fraction of sp³-hybridized carbons (Fsp3) is 0.538. The summed E-state index contributed by atoms with van der Waals surface area (Å²) in [6, 6.07) is 5.14. The van der Waals surface area contributed by atoms with Gasteiger partial charge in [-0.3, -0.25) is 4.21 Å². The van der Waals surface area contributed by atoms with Crippen molar-refractivity contribution < 1.29 is 8.95 Å². The highest BCUT2D eigenvalue weighted by Crippen LogP contribution is 2.30. The minimum Gasteiger partial charge on any atom is -0.398 e. The van der Waals surface area contributed by atoms with Crippen molar-refractivity contribution in [2.45, 2.75) is 41.9 Å². The lowest BCUT2D eigenvalue weighted by atomic mass is 9.97. The van der Waals surface area contributed by atoms with Gasteiger partial charge in [0.05, 0.1) is 21.8 Å². The van der Waals surface area contributed by atoms with Crippen molar-refractivity contribution >= 4 is 28.1 Å². The molecule has 0 aliphatic heterocycles. The first-order chi connectivity index (χ1) is 8.61. The Morgan fingerprint density at radius 1 is 1.44 bits per heavy atom. The summed E-state index contributed by atoms with van der Waals surface area (Å²) >= 11 is 5.94. The molecule has 3 nitrogen and oxygen atoms in total. The van der Waals surface area contributed by atoms with Gasteiger partial charge < -0.3 is 10.5 Å². The number of ether oxygens (including phenoxy) is 1. The summed E-state index contributed by atoms with van der Waals surface area (Å²) in [4.78, 5) is 0.657. The van der Waals surface area contributed by atoms with Crippen LogP contribution < -0.4 is 5.73 Å². The Balaban J connectivity index is 2.17. The summed E-state index contributed by atoms with van der Waals surface area (Å²) in [5.41, 5.74) is 6.43. The van der Waals surface area contributed by atoms with Crippen LogP contribution in [0.15, 0.2) is 23.1 Å². The molecular formula is C13H18ClNO2S. The van der Waals surface area contributed by atoms with Crippen LogP contribution in [-0.4, -0.2) is 22.7 Å². The number of halogens is 1. The van der Waals surface area contributed by atoms with Crippen LogP contribution >= 0.6 is 11.6 Å². The Labute approximate surface area is 115 Å². The van der Waals surface area contributed by atoms with Gasteiger partial charge in [-0.1, -0.05) is 11.6 Å². The van der Waals surface area contributed by atoms with Crippen LogP contribution in [-0.2, 0) is 15.5 Å². The standard InChI is InChI=1S/C13H18ClNO2S/c1-17-10-3-2-4-11(8-10)18(16)13-7-9(14)5-6-12(13)15/h5-7,10-11H,2-4,8,15H2,1H3. The fourth-order valence-electron chi connectivity index (χ4n) is 2.37. The lowest BCUT2D eigenvalue weighted by Crippen LogP contribution is -2.28. The molecule has 2 rings (SSSR count). The first-order valence-electron chi connectivity index (χ1n) is 6.10. The van der Waals surface area contributed by atoms with Gasteiger partial charge in [-0.15, -0.1) is 0 Å². The van der Waals surface area contributed by atoms with Crippen molar-refractivity contribution in [2.24, 2.45) is 0 Å². The number of rotatable bonds is 3. The highest BCUT2D eigenvalue weighted by Gasteiger charge is 2.27. The van der Waals surface area contributed by atoms with Crippen molar-refractivity contribution in [1.29, 1.82) is 0 Å². The van der Waals surface area contributed by atoms with Crippen LogP contribution in [0.25, 0.3) is 0 Å². The number of hydrogen-bond acceptors (Lipinski definition) is 3. The average molecular weight is 288 g/mol. The van der Waals surface area contributed by atoms with Gasteiger partial charge in [-0.05, 0) is 43.9 Å². The van der Waals surface area contributed by atoms with E-state index in [0.717, 1.165) is 25.7 Å². The highest BCUT2D eigenvalue weighted by atomic mass is 35.5. The van der Waals surface area contributed by atoms with Gasteiger partial charge in [0.1, 0.15) is 0 Å². The molecule has 0 amide bonds. The molecule has 0 saturated heterocycles. The zero-order valence-electron chi connectivity index (χ0n) is 10.4. The van der Waals surface area contributed by atoms with Crippen LogP contribution in [0.1, 0.15) is 25.7 Å². The lowest BCUT2D eigenvalue weighted by molar-refractivity contribution is 0.0725. The summed E-state index contributed by atoms with van der Waals surface area (Å²) in [5, 5.41) is 0.691. The predicted molar refractivity (Wildman–Crippen MR) is 75.3 cm³/mol. The van der Waals surface area contributed by atoms with E-state index in [9.17, 15) is 4.21 Å². The van der Waals surface area contributed by atoms with Crippen LogP contribution in [0.3, 0.4) is 0 Å². The number of nitrogens with two attached hydrogens (primary N) is 1. The number of methoxy groups -OCH3 is 1. The Morgan fingerprint density at radius 3 is 2.94 bits per heavy atom. The maximum Gasteiger partial charge on any atom is 0.0635 e. The second-order valence-corrected chi connectivity index (χ2v) is 6.76. The Kier molecular flexibility index (Phi) is 4.65. The highest BCUT2D eigenvalue weighted by molar-refractivity contribution is 7.85. The van der Waals surface area contributed by atoms with E-state index in [4.69, 9.17) is 22.1 Å². The monoisotopic (exact) mass is 287 g/mol. The van der Waals surface area contributed by atoms with E-state index in [1.54, 1.807) is 25.3 Å².